The Bertz CT molecular complexity index is 721. The lowest BCUT2D eigenvalue weighted by Crippen LogP contribution is -2.26. The van der Waals surface area contributed by atoms with Gasteiger partial charge < -0.3 is 14.8 Å². The molecule has 1 atom stereocenters. The van der Waals surface area contributed by atoms with Crippen LogP contribution < -0.4 is 14.8 Å². The summed E-state index contributed by atoms with van der Waals surface area (Å²) in [6, 6.07) is 10.7. The molecule has 0 heterocycles. The molecule has 1 amide bonds. The number of hydrogen-bond donors (Lipinski definition) is 1. The fourth-order valence-electron chi connectivity index (χ4n) is 2.23. The van der Waals surface area contributed by atoms with Gasteiger partial charge in [0.25, 0.3) is 5.91 Å². The highest BCUT2D eigenvalue weighted by Crippen LogP contribution is 2.36. The Morgan fingerprint density at radius 1 is 1.22 bits per heavy atom. The lowest BCUT2D eigenvalue weighted by molar-refractivity contribution is 0.0939. The van der Waals surface area contributed by atoms with E-state index in [0.29, 0.717) is 22.1 Å². The SMILES string of the molecule is COc1cc(C(=O)NC(C)c2ccccc2Br)cc(Cl)c1OC. The molecular weight excluding hydrogens is 382 g/mol. The van der Waals surface area contributed by atoms with Crippen LogP contribution in [0.5, 0.6) is 11.5 Å². The van der Waals surface area contributed by atoms with Crippen LogP contribution >= 0.6 is 27.5 Å². The zero-order chi connectivity index (χ0) is 17.0. The lowest BCUT2D eigenvalue weighted by atomic mass is 10.1. The molecule has 0 aliphatic carbocycles. The van der Waals surface area contributed by atoms with E-state index in [2.05, 4.69) is 21.2 Å². The average molecular weight is 399 g/mol. The molecule has 0 bridgehead atoms. The van der Waals surface area contributed by atoms with E-state index in [1.807, 2.05) is 31.2 Å². The monoisotopic (exact) mass is 397 g/mol. The molecule has 4 nitrogen and oxygen atoms in total. The first-order chi connectivity index (χ1) is 11.0. The molecule has 2 rings (SSSR count). The second-order valence-electron chi connectivity index (χ2n) is 4.91. The van der Waals surface area contributed by atoms with E-state index in [1.54, 1.807) is 12.1 Å². The number of amides is 1. The number of halogens is 2. The molecule has 0 aliphatic rings. The van der Waals surface area contributed by atoms with Gasteiger partial charge in [0.1, 0.15) is 0 Å². The highest BCUT2D eigenvalue weighted by atomic mass is 79.9. The van der Waals surface area contributed by atoms with Crippen LogP contribution in [0.4, 0.5) is 0 Å². The van der Waals surface area contributed by atoms with Gasteiger partial charge in [-0.1, -0.05) is 45.7 Å². The third-order valence-electron chi connectivity index (χ3n) is 3.42. The third-order valence-corrected chi connectivity index (χ3v) is 4.42. The number of methoxy groups -OCH3 is 2. The Balaban J connectivity index is 2.24. The number of carbonyl (C=O) groups excluding carboxylic acids is 1. The summed E-state index contributed by atoms with van der Waals surface area (Å²) < 4.78 is 11.3. The van der Waals surface area contributed by atoms with Crippen molar-refractivity contribution in [3.8, 4) is 11.5 Å². The first-order valence-corrected chi connectivity index (χ1v) is 8.11. The van der Waals surface area contributed by atoms with E-state index in [0.717, 1.165) is 10.0 Å². The number of benzene rings is 2. The molecule has 23 heavy (non-hydrogen) atoms. The van der Waals surface area contributed by atoms with Crippen LogP contribution in [-0.4, -0.2) is 20.1 Å². The Morgan fingerprint density at radius 2 is 1.91 bits per heavy atom. The minimum Gasteiger partial charge on any atom is -0.493 e. The van der Waals surface area contributed by atoms with E-state index < -0.39 is 0 Å². The Hall–Kier alpha value is -1.72. The Morgan fingerprint density at radius 3 is 2.52 bits per heavy atom. The Kier molecular flexibility index (Phi) is 5.91. The van der Waals surface area contributed by atoms with Crippen molar-refractivity contribution in [2.24, 2.45) is 0 Å². The van der Waals surface area contributed by atoms with Crippen molar-refractivity contribution >= 4 is 33.4 Å². The van der Waals surface area contributed by atoms with Crippen molar-refractivity contribution in [2.45, 2.75) is 13.0 Å². The van der Waals surface area contributed by atoms with Crippen LogP contribution in [0, 0.1) is 0 Å². The molecule has 1 N–H and O–H groups in total. The maximum Gasteiger partial charge on any atom is 0.251 e. The van der Waals surface area contributed by atoms with Gasteiger partial charge in [0.15, 0.2) is 11.5 Å². The second kappa shape index (κ2) is 7.70. The number of hydrogen-bond acceptors (Lipinski definition) is 3. The molecule has 0 fully saturated rings. The maximum atomic E-state index is 12.5. The van der Waals surface area contributed by atoms with Gasteiger partial charge in [0.05, 0.1) is 25.3 Å². The summed E-state index contributed by atoms with van der Waals surface area (Å²) in [7, 11) is 3.00. The van der Waals surface area contributed by atoms with E-state index >= 15 is 0 Å². The van der Waals surface area contributed by atoms with Gasteiger partial charge in [0.2, 0.25) is 0 Å². The summed E-state index contributed by atoms with van der Waals surface area (Å²) in [6.45, 7) is 1.92. The zero-order valence-corrected chi connectivity index (χ0v) is 15.4. The lowest BCUT2D eigenvalue weighted by Gasteiger charge is -2.17. The second-order valence-corrected chi connectivity index (χ2v) is 6.17. The van der Waals surface area contributed by atoms with Crippen molar-refractivity contribution in [1.82, 2.24) is 5.32 Å². The van der Waals surface area contributed by atoms with Gasteiger partial charge in [-0.2, -0.15) is 0 Å². The van der Waals surface area contributed by atoms with Crippen molar-refractivity contribution in [2.75, 3.05) is 14.2 Å². The predicted molar refractivity (Wildman–Crippen MR) is 94.6 cm³/mol. The fraction of sp³-hybridized carbons (Fsp3) is 0.235. The topological polar surface area (TPSA) is 47.6 Å². The molecule has 6 heteroatoms. The molecular formula is C17H17BrClNO3. The molecule has 2 aromatic rings. The summed E-state index contributed by atoms with van der Waals surface area (Å²) in [4.78, 5) is 12.5. The standard InChI is InChI=1S/C17H17BrClNO3/c1-10(12-6-4-5-7-13(12)18)20-17(21)11-8-14(19)16(23-3)15(9-11)22-2/h4-10H,1-3H3,(H,20,21). The highest BCUT2D eigenvalue weighted by Gasteiger charge is 2.18. The van der Waals surface area contributed by atoms with Crippen LogP contribution in [0.25, 0.3) is 0 Å². The van der Waals surface area contributed by atoms with Crippen molar-refractivity contribution in [3.05, 3.63) is 57.0 Å². The molecule has 0 aromatic heterocycles. The van der Waals surface area contributed by atoms with E-state index in [-0.39, 0.29) is 11.9 Å². The van der Waals surface area contributed by atoms with Gasteiger partial charge in [-0.15, -0.1) is 0 Å². The largest absolute Gasteiger partial charge is 0.493 e. The summed E-state index contributed by atoms with van der Waals surface area (Å²) in [5.74, 6) is 0.583. The number of rotatable bonds is 5. The van der Waals surface area contributed by atoms with Crippen molar-refractivity contribution < 1.29 is 14.3 Å². The van der Waals surface area contributed by atoms with E-state index in [4.69, 9.17) is 21.1 Å². The molecule has 1 unspecified atom stereocenters. The van der Waals surface area contributed by atoms with Crippen LogP contribution in [-0.2, 0) is 0 Å². The van der Waals surface area contributed by atoms with Crippen LogP contribution in [0.2, 0.25) is 5.02 Å². The molecule has 122 valence electrons. The summed E-state index contributed by atoms with van der Waals surface area (Å²) in [5.41, 5.74) is 1.40. The summed E-state index contributed by atoms with van der Waals surface area (Å²) in [5, 5.41) is 3.27. The normalized spacial score (nSPS) is 11.7. The van der Waals surface area contributed by atoms with Gasteiger partial charge >= 0.3 is 0 Å². The van der Waals surface area contributed by atoms with Crippen molar-refractivity contribution in [3.63, 3.8) is 0 Å². The van der Waals surface area contributed by atoms with Gasteiger partial charge in [-0.3, -0.25) is 4.79 Å². The van der Waals surface area contributed by atoms with Crippen LogP contribution in [0.1, 0.15) is 28.9 Å². The van der Waals surface area contributed by atoms with Crippen LogP contribution in [0.15, 0.2) is 40.9 Å². The zero-order valence-electron chi connectivity index (χ0n) is 13.0. The molecule has 0 saturated heterocycles. The minimum atomic E-state index is -0.240. The number of nitrogens with one attached hydrogen (secondary N) is 1. The first kappa shape index (κ1) is 17.6. The average Bonchev–Trinajstić information content (AvgIpc) is 2.54. The molecule has 0 spiro atoms. The maximum absolute atomic E-state index is 12.5. The smallest absolute Gasteiger partial charge is 0.251 e. The highest BCUT2D eigenvalue weighted by molar-refractivity contribution is 9.10. The Labute approximate surface area is 148 Å². The van der Waals surface area contributed by atoms with Crippen molar-refractivity contribution in [1.29, 1.82) is 0 Å². The molecule has 0 radical (unpaired) electrons. The molecule has 2 aromatic carbocycles. The number of ether oxygens (including phenoxy) is 2. The number of carbonyl (C=O) groups is 1. The summed E-state index contributed by atoms with van der Waals surface area (Å²) >= 11 is 9.63. The van der Waals surface area contributed by atoms with Crippen LogP contribution in [0.3, 0.4) is 0 Å². The van der Waals surface area contributed by atoms with E-state index in [9.17, 15) is 4.79 Å². The first-order valence-electron chi connectivity index (χ1n) is 6.94. The fourth-order valence-corrected chi connectivity index (χ4v) is 3.15. The quantitative estimate of drug-likeness (QED) is 0.800. The summed E-state index contributed by atoms with van der Waals surface area (Å²) in [6.07, 6.45) is 0. The third kappa shape index (κ3) is 3.98. The minimum absolute atomic E-state index is 0.162. The van der Waals surface area contributed by atoms with E-state index in [1.165, 1.54) is 14.2 Å². The predicted octanol–water partition coefficient (Wildman–Crippen LogP) is 4.61. The van der Waals surface area contributed by atoms with Gasteiger partial charge in [-0.25, -0.2) is 0 Å². The molecule has 0 aliphatic heterocycles. The van der Waals surface area contributed by atoms with Gasteiger partial charge in [0, 0.05) is 10.0 Å². The van der Waals surface area contributed by atoms with Gasteiger partial charge in [-0.05, 0) is 30.7 Å². The molecule has 0 saturated carbocycles.